The van der Waals surface area contributed by atoms with Gasteiger partial charge in [-0.05, 0) is 93.8 Å². The zero-order valence-corrected chi connectivity index (χ0v) is 18.7. The minimum atomic E-state index is -1.80. The van der Waals surface area contributed by atoms with Crippen molar-refractivity contribution in [1.29, 1.82) is 5.26 Å². The molecule has 0 aromatic heterocycles. The molecule has 0 spiro atoms. The molecule has 0 bridgehead atoms. The molecule has 0 N–H and O–H groups in total. The molecule has 0 amide bonds. The summed E-state index contributed by atoms with van der Waals surface area (Å²) >= 11 is 0. The van der Waals surface area contributed by atoms with Gasteiger partial charge in [0.15, 0.2) is 14.1 Å². The predicted octanol–water partition coefficient (Wildman–Crippen LogP) is 5.63. The van der Waals surface area contributed by atoms with Gasteiger partial charge in [0.2, 0.25) is 0 Å². The molecule has 3 saturated carbocycles. The van der Waals surface area contributed by atoms with Gasteiger partial charge < -0.3 is 4.43 Å². The Balaban J connectivity index is 1.68. The topological polar surface area (TPSA) is 50.1 Å². The van der Waals surface area contributed by atoms with Crippen LogP contribution in [-0.2, 0) is 9.22 Å². The number of carbonyl (C=O) groups is 1. The Morgan fingerprint density at radius 1 is 1.07 bits per heavy atom. The minimum Gasteiger partial charge on any atom is -0.399 e. The van der Waals surface area contributed by atoms with Crippen molar-refractivity contribution < 1.29 is 9.22 Å². The van der Waals surface area contributed by atoms with Gasteiger partial charge in [-0.1, -0.05) is 19.4 Å². The lowest BCUT2D eigenvalue weighted by molar-refractivity contribution is -0.118. The van der Waals surface area contributed by atoms with Crippen molar-refractivity contribution in [3.05, 3.63) is 11.6 Å². The highest BCUT2D eigenvalue weighted by Gasteiger charge is 2.66. The molecule has 0 saturated heterocycles. The van der Waals surface area contributed by atoms with Crippen LogP contribution in [0, 0.1) is 39.9 Å². The highest BCUT2D eigenvalue weighted by Crippen LogP contribution is 2.68. The monoisotopic (exact) mass is 385 g/mol. The first-order chi connectivity index (χ1) is 12.5. The number of fused-ring (bicyclic) bond motifs is 5. The molecule has 4 rings (SSSR count). The van der Waals surface area contributed by atoms with Gasteiger partial charge in [0.25, 0.3) is 0 Å². The maximum Gasteiger partial charge on any atom is 0.185 e. The highest BCUT2D eigenvalue weighted by molar-refractivity contribution is 6.69. The number of allylic oxidation sites excluding steroid dienone is 1. The van der Waals surface area contributed by atoms with E-state index < -0.39 is 13.9 Å². The van der Waals surface area contributed by atoms with Crippen LogP contribution >= 0.6 is 0 Å². The van der Waals surface area contributed by atoms with Gasteiger partial charge in [0.1, 0.15) is 5.60 Å². The van der Waals surface area contributed by atoms with Crippen LogP contribution < -0.4 is 0 Å². The van der Waals surface area contributed by atoms with Gasteiger partial charge in [-0.3, -0.25) is 4.79 Å². The molecule has 4 heteroatoms. The molecule has 0 radical (unpaired) electrons. The third kappa shape index (κ3) is 2.72. The van der Waals surface area contributed by atoms with Crippen LogP contribution in [-0.4, -0.2) is 19.7 Å². The summed E-state index contributed by atoms with van der Waals surface area (Å²) in [6, 6.07) is 2.70. The van der Waals surface area contributed by atoms with Crippen LogP contribution in [0.5, 0.6) is 0 Å². The maximum atomic E-state index is 12.0. The lowest BCUT2D eigenvalue weighted by Crippen LogP contribution is -2.57. The third-order valence-electron chi connectivity index (χ3n) is 8.74. The minimum absolute atomic E-state index is 0.0226. The summed E-state index contributed by atoms with van der Waals surface area (Å²) in [6.07, 6.45) is 10.3. The molecule has 4 aliphatic carbocycles. The summed E-state index contributed by atoms with van der Waals surface area (Å²) in [5.74, 6) is 2.27. The Morgan fingerprint density at radius 2 is 1.78 bits per heavy atom. The second-order valence-corrected chi connectivity index (χ2v) is 15.5. The second kappa shape index (κ2) is 6.04. The van der Waals surface area contributed by atoms with Crippen LogP contribution in [0.3, 0.4) is 0 Å². The molecule has 4 aliphatic rings. The smallest absolute Gasteiger partial charge is 0.185 e. The first kappa shape index (κ1) is 19.4. The Hall–Kier alpha value is -0.923. The van der Waals surface area contributed by atoms with Crippen LogP contribution in [0.2, 0.25) is 19.6 Å². The van der Waals surface area contributed by atoms with E-state index in [1.807, 2.05) is 6.08 Å². The highest BCUT2D eigenvalue weighted by atomic mass is 28.4. The van der Waals surface area contributed by atoms with E-state index in [9.17, 15) is 10.1 Å². The zero-order valence-electron chi connectivity index (χ0n) is 17.7. The van der Waals surface area contributed by atoms with E-state index in [2.05, 4.69) is 39.6 Å². The Bertz CT molecular complexity index is 732. The molecular formula is C23H35NO2Si. The van der Waals surface area contributed by atoms with Crippen LogP contribution in [0.25, 0.3) is 0 Å². The van der Waals surface area contributed by atoms with Gasteiger partial charge in [-0.25, -0.2) is 0 Å². The molecule has 0 aromatic rings. The van der Waals surface area contributed by atoms with E-state index in [1.54, 1.807) is 0 Å². The summed E-state index contributed by atoms with van der Waals surface area (Å²) in [5.41, 5.74) is 1.01. The van der Waals surface area contributed by atoms with Crippen LogP contribution in [0.15, 0.2) is 11.6 Å². The van der Waals surface area contributed by atoms with Gasteiger partial charge in [-0.15, -0.1) is 0 Å². The van der Waals surface area contributed by atoms with Crippen molar-refractivity contribution in [3.8, 4) is 6.07 Å². The summed E-state index contributed by atoms with van der Waals surface area (Å²) in [7, 11) is -1.80. The van der Waals surface area contributed by atoms with Crippen molar-refractivity contribution in [2.75, 3.05) is 0 Å². The van der Waals surface area contributed by atoms with Gasteiger partial charge >= 0.3 is 0 Å². The van der Waals surface area contributed by atoms with E-state index in [0.29, 0.717) is 30.0 Å². The molecule has 3 nitrogen and oxygen atoms in total. The largest absolute Gasteiger partial charge is 0.399 e. The molecule has 0 aliphatic heterocycles. The molecule has 0 unspecified atom stereocenters. The van der Waals surface area contributed by atoms with Crippen molar-refractivity contribution in [3.63, 3.8) is 0 Å². The molecule has 0 heterocycles. The third-order valence-corrected chi connectivity index (χ3v) is 9.70. The van der Waals surface area contributed by atoms with Crippen molar-refractivity contribution in [1.82, 2.24) is 0 Å². The molecule has 27 heavy (non-hydrogen) atoms. The van der Waals surface area contributed by atoms with Crippen LogP contribution in [0.1, 0.15) is 65.2 Å². The standard InChI is InChI=1S/C23H35NO2Si/c1-21-11-8-17(25)14-16(21)6-7-18-19(21)9-12-22(2)20(18)10-13-23(22,15-24)26-27(3,4)5/h14,18-20H,6-13H2,1-5H3/t18-,19-,20+,21+,22+,23+/m1/s1. The first-order valence-corrected chi connectivity index (χ1v) is 14.3. The molecular weight excluding hydrogens is 350 g/mol. The molecule has 3 fully saturated rings. The summed E-state index contributed by atoms with van der Waals surface area (Å²) in [4.78, 5) is 12.0. The van der Waals surface area contributed by atoms with Crippen molar-refractivity contribution in [2.24, 2.45) is 28.6 Å². The number of hydrogen-bond donors (Lipinski definition) is 0. The van der Waals surface area contributed by atoms with Gasteiger partial charge in [0.05, 0.1) is 6.07 Å². The fourth-order valence-electron chi connectivity index (χ4n) is 7.45. The number of nitrogens with zero attached hydrogens (tertiary/aromatic N) is 1. The van der Waals surface area contributed by atoms with Gasteiger partial charge in [-0.2, -0.15) is 5.26 Å². The van der Waals surface area contributed by atoms with E-state index in [-0.39, 0.29) is 10.8 Å². The average Bonchev–Trinajstić information content (AvgIpc) is 2.87. The van der Waals surface area contributed by atoms with E-state index >= 15 is 0 Å². The van der Waals surface area contributed by atoms with Gasteiger partial charge in [0, 0.05) is 11.8 Å². The zero-order chi connectivity index (χ0) is 19.7. The lowest BCUT2D eigenvalue weighted by Gasteiger charge is -2.59. The quantitative estimate of drug-likeness (QED) is 0.579. The number of nitriles is 1. The summed E-state index contributed by atoms with van der Waals surface area (Å²) in [5, 5.41) is 10.2. The van der Waals surface area contributed by atoms with Crippen molar-refractivity contribution in [2.45, 2.75) is 90.5 Å². The van der Waals surface area contributed by atoms with Crippen LogP contribution in [0.4, 0.5) is 0 Å². The molecule has 148 valence electrons. The van der Waals surface area contributed by atoms with E-state index in [4.69, 9.17) is 4.43 Å². The lowest BCUT2D eigenvalue weighted by atomic mass is 9.46. The number of carbonyl (C=O) groups excluding carboxylic acids is 1. The predicted molar refractivity (Wildman–Crippen MR) is 109 cm³/mol. The summed E-state index contributed by atoms with van der Waals surface area (Å²) in [6.45, 7) is 11.4. The number of rotatable bonds is 2. The Morgan fingerprint density at radius 3 is 2.44 bits per heavy atom. The van der Waals surface area contributed by atoms with Crippen molar-refractivity contribution >= 4 is 14.1 Å². The normalized spacial score (nSPS) is 46.7. The average molecular weight is 386 g/mol. The number of hydrogen-bond acceptors (Lipinski definition) is 3. The SMILES string of the molecule is C[C@]12CCC(=O)C=C1CC[C@@H]1[C@H]2CC[C@@]2(C)[C@H]1CC[C@@]2(C#N)O[Si](C)(C)C. The summed E-state index contributed by atoms with van der Waals surface area (Å²) < 4.78 is 6.66. The van der Waals surface area contributed by atoms with E-state index in [0.717, 1.165) is 32.1 Å². The Labute approximate surface area is 165 Å². The fraction of sp³-hybridized carbons (Fsp3) is 0.826. The second-order valence-electron chi connectivity index (χ2n) is 11.1. The Kier molecular flexibility index (Phi) is 4.34. The first-order valence-electron chi connectivity index (χ1n) is 10.9. The van der Waals surface area contributed by atoms with E-state index in [1.165, 1.54) is 18.4 Å². The maximum absolute atomic E-state index is 12.0. The molecule has 0 aromatic carbocycles. The fourth-order valence-corrected chi connectivity index (χ4v) is 8.88. The molecule has 6 atom stereocenters. The number of ketones is 1.